The smallest absolute Gasteiger partial charge is 0.220 e. The molecular weight excluding hydrogens is 303 g/mol. The van der Waals surface area contributed by atoms with Crippen molar-refractivity contribution in [2.75, 3.05) is 5.73 Å². The van der Waals surface area contributed by atoms with Gasteiger partial charge in [0.25, 0.3) is 0 Å². The number of benzene rings is 1. The van der Waals surface area contributed by atoms with Gasteiger partial charge in [0.05, 0.1) is 5.56 Å². The summed E-state index contributed by atoms with van der Waals surface area (Å²) in [5.74, 6) is 0.305. The summed E-state index contributed by atoms with van der Waals surface area (Å²) in [5.41, 5.74) is 7.51. The first-order chi connectivity index (χ1) is 10.6. The minimum atomic E-state index is -0.332. The molecule has 0 saturated carbocycles. The first-order valence-corrected chi connectivity index (χ1v) is 6.79. The van der Waals surface area contributed by atoms with Crippen molar-refractivity contribution in [1.29, 1.82) is 0 Å². The number of anilines is 1. The van der Waals surface area contributed by atoms with Gasteiger partial charge in [0.15, 0.2) is 0 Å². The van der Waals surface area contributed by atoms with Crippen LogP contribution >= 0.6 is 12.2 Å². The van der Waals surface area contributed by atoms with Crippen LogP contribution in [0.15, 0.2) is 48.7 Å². The molecule has 0 amide bonds. The fourth-order valence-corrected chi connectivity index (χ4v) is 2.22. The predicted octanol–water partition coefficient (Wildman–Crippen LogP) is 2.95. The Labute approximate surface area is 131 Å². The Kier molecular flexibility index (Phi) is 3.80. The van der Waals surface area contributed by atoms with Crippen LogP contribution < -0.4 is 10.5 Å². The largest absolute Gasteiger partial charge is 0.427 e. The molecule has 110 valence electrons. The first kappa shape index (κ1) is 14.2. The number of aromatic nitrogens is 3. The van der Waals surface area contributed by atoms with Crippen molar-refractivity contribution in [3.63, 3.8) is 0 Å². The predicted molar refractivity (Wildman–Crippen MR) is 85.0 cm³/mol. The van der Waals surface area contributed by atoms with Crippen molar-refractivity contribution in [2.24, 2.45) is 0 Å². The lowest BCUT2D eigenvalue weighted by molar-refractivity contribution is 0.542. The number of thiocarbonyl (C=S) groups is 1. The fourth-order valence-electron chi connectivity index (χ4n) is 1.93. The Hall–Kier alpha value is -2.80. The molecule has 0 fully saturated rings. The van der Waals surface area contributed by atoms with Crippen LogP contribution in [0, 0.1) is 5.82 Å². The van der Waals surface area contributed by atoms with Gasteiger partial charge in [-0.25, -0.2) is 9.37 Å². The summed E-state index contributed by atoms with van der Waals surface area (Å²) in [4.78, 5) is 4.04. The summed E-state index contributed by atoms with van der Waals surface area (Å²) in [6.45, 7) is 0. The number of aromatic amines is 1. The monoisotopic (exact) mass is 314 g/mol. The average molecular weight is 314 g/mol. The van der Waals surface area contributed by atoms with E-state index in [1.807, 2.05) is 0 Å². The first-order valence-electron chi connectivity index (χ1n) is 6.38. The summed E-state index contributed by atoms with van der Waals surface area (Å²) < 4.78 is 18.6. The third kappa shape index (κ3) is 2.79. The molecule has 5 nitrogen and oxygen atoms in total. The van der Waals surface area contributed by atoms with Gasteiger partial charge in [0, 0.05) is 17.8 Å². The molecule has 3 rings (SSSR count). The van der Waals surface area contributed by atoms with Crippen LogP contribution in [0.5, 0.6) is 5.88 Å². The number of nitrogens with two attached hydrogens (primary N) is 1. The molecule has 0 unspecified atom stereocenters. The van der Waals surface area contributed by atoms with Crippen LogP contribution in [0.2, 0.25) is 0 Å². The molecule has 1 aromatic carbocycles. The minimum absolute atomic E-state index is 0.143. The van der Waals surface area contributed by atoms with E-state index < -0.39 is 0 Å². The number of halogens is 1. The summed E-state index contributed by atoms with van der Waals surface area (Å²) in [7, 11) is 0. The van der Waals surface area contributed by atoms with Crippen molar-refractivity contribution in [2.45, 2.75) is 0 Å². The Balaban J connectivity index is 1.95. The summed E-state index contributed by atoms with van der Waals surface area (Å²) in [6, 6.07) is 11.1. The van der Waals surface area contributed by atoms with E-state index in [9.17, 15) is 4.39 Å². The van der Waals surface area contributed by atoms with Gasteiger partial charge < -0.3 is 10.5 Å². The van der Waals surface area contributed by atoms with Crippen molar-refractivity contribution in [1.82, 2.24) is 15.2 Å². The number of nitrogens with one attached hydrogen (secondary N) is 1. The van der Waals surface area contributed by atoms with Gasteiger partial charge in [-0.15, -0.1) is 0 Å². The molecule has 0 saturated heterocycles. The molecule has 3 aromatic rings. The molecule has 2 heterocycles. The second kappa shape index (κ2) is 5.90. The number of nitrogen functional groups attached to an aromatic ring is 1. The number of nitrogens with zero attached hydrogens (tertiary/aromatic N) is 2. The molecule has 7 heteroatoms. The van der Waals surface area contributed by atoms with Crippen molar-refractivity contribution < 1.29 is 9.13 Å². The molecule has 0 bridgehead atoms. The number of rotatable bonds is 3. The fraction of sp³-hybridized carbons (Fsp3) is 0. The van der Waals surface area contributed by atoms with Gasteiger partial charge in [0.2, 0.25) is 10.9 Å². The molecule has 0 aliphatic rings. The molecular formula is C15H11FN4OS. The second-order valence-corrected chi connectivity index (χ2v) is 4.80. The zero-order chi connectivity index (χ0) is 15.5. The summed E-state index contributed by atoms with van der Waals surface area (Å²) in [5, 5.41) is 6.92. The van der Waals surface area contributed by atoms with Gasteiger partial charge in [-0.1, -0.05) is 6.07 Å². The highest BCUT2D eigenvalue weighted by Crippen LogP contribution is 2.27. The van der Waals surface area contributed by atoms with Gasteiger partial charge in [-0.05, 0) is 42.5 Å². The Bertz CT molecular complexity index is 802. The summed E-state index contributed by atoms with van der Waals surface area (Å²) >= 11 is 5.28. The van der Waals surface area contributed by atoms with Crippen LogP contribution in [0.3, 0.4) is 0 Å². The third-order valence-corrected chi connectivity index (χ3v) is 3.24. The molecule has 2 aromatic heterocycles. The van der Waals surface area contributed by atoms with E-state index >= 15 is 0 Å². The molecule has 0 aliphatic heterocycles. The lowest BCUT2D eigenvalue weighted by atomic mass is 10.1. The molecule has 22 heavy (non-hydrogen) atoms. The summed E-state index contributed by atoms with van der Waals surface area (Å²) in [6.07, 6.45) is 1.59. The van der Waals surface area contributed by atoms with Gasteiger partial charge in [0.1, 0.15) is 17.3 Å². The zero-order valence-electron chi connectivity index (χ0n) is 11.3. The standard InChI is InChI=1S/C15H11FN4OS/c16-10-6-4-9(5-7-10)13-12(14(17)20-19-13)15(22)21-11-3-1-2-8-18-11/h1-8H,(H3,17,19,20). The van der Waals surface area contributed by atoms with Gasteiger partial charge in [-0.3, -0.25) is 5.10 Å². The maximum absolute atomic E-state index is 13.0. The number of ether oxygens (including phenoxy) is 1. The number of H-pyrrole nitrogens is 1. The number of hydrogen-bond donors (Lipinski definition) is 2. The van der Waals surface area contributed by atoms with Crippen molar-refractivity contribution in [3.8, 4) is 17.1 Å². The highest BCUT2D eigenvalue weighted by atomic mass is 32.1. The maximum atomic E-state index is 13.0. The quantitative estimate of drug-likeness (QED) is 0.727. The van der Waals surface area contributed by atoms with Crippen LogP contribution in [0.4, 0.5) is 10.2 Å². The molecule has 0 radical (unpaired) electrons. The van der Waals surface area contributed by atoms with Crippen LogP contribution in [-0.4, -0.2) is 20.2 Å². The highest BCUT2D eigenvalue weighted by Gasteiger charge is 2.19. The number of hydrogen-bond acceptors (Lipinski definition) is 5. The number of pyridine rings is 1. The van der Waals surface area contributed by atoms with Gasteiger partial charge in [-0.2, -0.15) is 5.10 Å². The lowest BCUT2D eigenvalue weighted by Crippen LogP contribution is -2.10. The molecule has 3 N–H and O–H groups in total. The third-order valence-electron chi connectivity index (χ3n) is 2.95. The van der Waals surface area contributed by atoms with E-state index in [2.05, 4.69) is 15.2 Å². The van der Waals surface area contributed by atoms with E-state index in [-0.39, 0.29) is 16.7 Å². The molecule has 0 spiro atoms. The maximum Gasteiger partial charge on any atom is 0.220 e. The van der Waals surface area contributed by atoms with Gasteiger partial charge >= 0.3 is 0 Å². The Morgan fingerprint density at radius 1 is 1.18 bits per heavy atom. The Morgan fingerprint density at radius 2 is 1.95 bits per heavy atom. The van der Waals surface area contributed by atoms with E-state index in [1.165, 1.54) is 12.1 Å². The van der Waals surface area contributed by atoms with Crippen molar-refractivity contribution in [3.05, 3.63) is 60.0 Å². The highest BCUT2D eigenvalue weighted by molar-refractivity contribution is 7.80. The van der Waals surface area contributed by atoms with Crippen LogP contribution in [-0.2, 0) is 0 Å². The molecule has 0 aliphatic carbocycles. The SMILES string of the molecule is Nc1[nH]nc(-c2ccc(F)cc2)c1C(=S)Oc1ccccn1. The lowest BCUT2D eigenvalue weighted by Gasteiger charge is -2.07. The van der Waals surface area contributed by atoms with Crippen LogP contribution in [0.1, 0.15) is 5.56 Å². The normalized spacial score (nSPS) is 10.4. The Morgan fingerprint density at radius 3 is 2.64 bits per heavy atom. The topological polar surface area (TPSA) is 76.8 Å². The van der Waals surface area contributed by atoms with E-state index in [4.69, 9.17) is 22.7 Å². The van der Waals surface area contributed by atoms with E-state index in [1.54, 1.807) is 36.5 Å². The van der Waals surface area contributed by atoms with Crippen LogP contribution in [0.25, 0.3) is 11.3 Å². The average Bonchev–Trinajstić information content (AvgIpc) is 2.91. The second-order valence-electron chi connectivity index (χ2n) is 4.43. The van der Waals surface area contributed by atoms with E-state index in [0.717, 1.165) is 0 Å². The minimum Gasteiger partial charge on any atom is -0.427 e. The van der Waals surface area contributed by atoms with E-state index in [0.29, 0.717) is 22.7 Å². The molecule has 0 atom stereocenters. The zero-order valence-corrected chi connectivity index (χ0v) is 12.1. The van der Waals surface area contributed by atoms with Crippen molar-refractivity contribution >= 4 is 23.1 Å².